The minimum atomic E-state index is -4.60. The van der Waals surface area contributed by atoms with Crippen LogP contribution in [0.5, 0.6) is 11.5 Å². The van der Waals surface area contributed by atoms with Gasteiger partial charge in [-0.2, -0.15) is 13.2 Å². The van der Waals surface area contributed by atoms with Gasteiger partial charge in [0.1, 0.15) is 13.2 Å². The molecular weight excluding hydrogens is 415 g/mol. The van der Waals surface area contributed by atoms with Crippen molar-refractivity contribution in [3.63, 3.8) is 0 Å². The summed E-state index contributed by atoms with van der Waals surface area (Å²) in [4.78, 5) is 24.5. The summed E-state index contributed by atoms with van der Waals surface area (Å²) in [5.41, 5.74) is -1.09. The van der Waals surface area contributed by atoms with E-state index < -0.39 is 29.7 Å². The topological polar surface area (TPSA) is 73.9 Å². The van der Waals surface area contributed by atoms with Gasteiger partial charge in [0.25, 0.3) is 5.91 Å². The van der Waals surface area contributed by atoms with E-state index in [1.165, 1.54) is 25.1 Å². The molecule has 2 aromatic rings. The lowest BCUT2D eigenvalue weighted by atomic mass is 10.2. The number of rotatable bonds is 4. The van der Waals surface area contributed by atoms with E-state index in [0.717, 1.165) is 12.1 Å². The zero-order chi connectivity index (χ0) is 21.2. The van der Waals surface area contributed by atoms with Crippen molar-refractivity contribution in [3.8, 4) is 11.5 Å². The number of ether oxygens (including phenoxy) is 3. The summed E-state index contributed by atoms with van der Waals surface area (Å²) in [5.74, 6) is -0.784. The van der Waals surface area contributed by atoms with Crippen LogP contribution < -0.4 is 14.8 Å². The first-order valence-corrected chi connectivity index (χ1v) is 8.81. The third kappa shape index (κ3) is 4.92. The number of fused-ring (bicyclic) bond motifs is 1. The molecule has 0 spiro atoms. The molecule has 1 atom stereocenters. The molecule has 3 rings (SSSR count). The Morgan fingerprint density at radius 2 is 1.79 bits per heavy atom. The van der Waals surface area contributed by atoms with Crippen LogP contribution in [0.25, 0.3) is 0 Å². The third-order valence-corrected chi connectivity index (χ3v) is 4.31. The van der Waals surface area contributed by atoms with Crippen molar-refractivity contribution in [2.45, 2.75) is 19.2 Å². The number of carbonyl (C=O) groups excluding carboxylic acids is 2. The van der Waals surface area contributed by atoms with E-state index >= 15 is 0 Å². The smallest absolute Gasteiger partial charge is 0.416 e. The van der Waals surface area contributed by atoms with Gasteiger partial charge in [0, 0.05) is 0 Å². The fourth-order valence-corrected chi connectivity index (χ4v) is 2.65. The molecule has 154 valence electrons. The summed E-state index contributed by atoms with van der Waals surface area (Å²) in [6.07, 6.45) is -5.89. The van der Waals surface area contributed by atoms with Crippen LogP contribution in [-0.4, -0.2) is 31.2 Å². The molecular formula is C19H15ClF3NO5. The first kappa shape index (κ1) is 20.8. The van der Waals surface area contributed by atoms with Gasteiger partial charge < -0.3 is 19.5 Å². The Bertz CT molecular complexity index is 948. The second-order valence-electron chi connectivity index (χ2n) is 6.09. The Morgan fingerprint density at radius 1 is 1.10 bits per heavy atom. The predicted molar refractivity (Wildman–Crippen MR) is 97.4 cm³/mol. The van der Waals surface area contributed by atoms with E-state index in [9.17, 15) is 22.8 Å². The van der Waals surface area contributed by atoms with Crippen LogP contribution >= 0.6 is 11.6 Å². The maximum Gasteiger partial charge on any atom is 0.416 e. The molecule has 2 aromatic carbocycles. The van der Waals surface area contributed by atoms with Crippen molar-refractivity contribution < 1.29 is 37.0 Å². The quantitative estimate of drug-likeness (QED) is 0.733. The fourth-order valence-electron chi connectivity index (χ4n) is 2.48. The van der Waals surface area contributed by atoms with Crippen LogP contribution in [-0.2, 0) is 15.7 Å². The van der Waals surface area contributed by atoms with Crippen LogP contribution in [0.2, 0.25) is 5.02 Å². The summed E-state index contributed by atoms with van der Waals surface area (Å²) >= 11 is 5.85. The van der Waals surface area contributed by atoms with Gasteiger partial charge in [0.15, 0.2) is 17.6 Å². The van der Waals surface area contributed by atoms with E-state index in [-0.39, 0.29) is 16.3 Å². The minimum absolute atomic E-state index is 0.0864. The number of hydrogen-bond donors (Lipinski definition) is 1. The van der Waals surface area contributed by atoms with Crippen molar-refractivity contribution in [1.29, 1.82) is 0 Å². The van der Waals surface area contributed by atoms with Crippen molar-refractivity contribution in [3.05, 3.63) is 52.5 Å². The van der Waals surface area contributed by atoms with Gasteiger partial charge in [-0.05, 0) is 43.3 Å². The van der Waals surface area contributed by atoms with Gasteiger partial charge in [0.05, 0.1) is 21.8 Å². The zero-order valence-corrected chi connectivity index (χ0v) is 15.8. The van der Waals surface area contributed by atoms with Gasteiger partial charge in [-0.15, -0.1) is 0 Å². The van der Waals surface area contributed by atoms with Crippen molar-refractivity contribution in [2.75, 3.05) is 18.5 Å². The number of alkyl halides is 3. The van der Waals surface area contributed by atoms with E-state index in [4.69, 9.17) is 25.8 Å². The number of carbonyl (C=O) groups is 2. The molecule has 0 aromatic heterocycles. The van der Waals surface area contributed by atoms with Crippen LogP contribution in [0.3, 0.4) is 0 Å². The lowest BCUT2D eigenvalue weighted by Crippen LogP contribution is -2.30. The molecule has 0 saturated heterocycles. The second-order valence-corrected chi connectivity index (χ2v) is 6.49. The van der Waals surface area contributed by atoms with E-state index in [2.05, 4.69) is 5.32 Å². The highest BCUT2D eigenvalue weighted by Gasteiger charge is 2.31. The molecule has 29 heavy (non-hydrogen) atoms. The van der Waals surface area contributed by atoms with Crippen LogP contribution in [0.15, 0.2) is 36.4 Å². The minimum Gasteiger partial charge on any atom is -0.486 e. The van der Waals surface area contributed by atoms with E-state index in [0.29, 0.717) is 30.8 Å². The molecule has 1 heterocycles. The Balaban J connectivity index is 1.67. The number of esters is 1. The van der Waals surface area contributed by atoms with E-state index in [1.807, 2.05) is 0 Å². The largest absolute Gasteiger partial charge is 0.486 e. The Kier molecular flexibility index (Phi) is 5.88. The summed E-state index contributed by atoms with van der Waals surface area (Å²) < 4.78 is 54.3. The molecule has 1 unspecified atom stereocenters. The molecule has 0 radical (unpaired) electrons. The van der Waals surface area contributed by atoms with Crippen molar-refractivity contribution in [1.82, 2.24) is 0 Å². The number of hydrogen-bond acceptors (Lipinski definition) is 5. The Morgan fingerprint density at radius 3 is 2.48 bits per heavy atom. The number of anilines is 1. The van der Waals surface area contributed by atoms with Gasteiger partial charge in [-0.3, -0.25) is 4.79 Å². The second kappa shape index (κ2) is 8.20. The monoisotopic (exact) mass is 429 g/mol. The maximum atomic E-state index is 12.8. The molecule has 1 amide bonds. The standard InChI is InChI=1S/C19H15ClF3NO5/c1-10(17(25)24-14-9-12(19(21,22)23)3-4-13(14)20)29-18(26)11-2-5-15-16(8-11)28-7-6-27-15/h2-5,8-10H,6-7H2,1H3,(H,24,25). The molecule has 6 nitrogen and oxygen atoms in total. The third-order valence-electron chi connectivity index (χ3n) is 3.98. The molecule has 10 heteroatoms. The average molecular weight is 430 g/mol. The van der Waals surface area contributed by atoms with Gasteiger partial charge in [0.2, 0.25) is 0 Å². The summed E-state index contributed by atoms with van der Waals surface area (Å²) in [6, 6.07) is 6.93. The summed E-state index contributed by atoms with van der Waals surface area (Å²) in [7, 11) is 0. The highest BCUT2D eigenvalue weighted by molar-refractivity contribution is 6.33. The number of halogens is 4. The fraction of sp³-hybridized carbons (Fsp3) is 0.263. The molecule has 0 fully saturated rings. The molecule has 1 aliphatic heterocycles. The van der Waals surface area contributed by atoms with Gasteiger partial charge in [-0.25, -0.2) is 4.79 Å². The number of benzene rings is 2. The van der Waals surface area contributed by atoms with E-state index in [1.54, 1.807) is 0 Å². The predicted octanol–water partition coefficient (Wildman–Crippen LogP) is 4.31. The molecule has 1 aliphatic rings. The first-order valence-electron chi connectivity index (χ1n) is 8.43. The molecule has 1 N–H and O–H groups in total. The average Bonchev–Trinajstić information content (AvgIpc) is 2.68. The zero-order valence-electron chi connectivity index (χ0n) is 15.0. The Hall–Kier alpha value is -2.94. The summed E-state index contributed by atoms with van der Waals surface area (Å²) in [5, 5.41) is 2.15. The lowest BCUT2D eigenvalue weighted by Gasteiger charge is -2.19. The van der Waals surface area contributed by atoms with Crippen LogP contribution in [0.1, 0.15) is 22.8 Å². The Labute approximate surface area is 168 Å². The molecule has 0 saturated carbocycles. The van der Waals surface area contributed by atoms with Crippen molar-refractivity contribution in [2.24, 2.45) is 0 Å². The maximum absolute atomic E-state index is 12.8. The highest BCUT2D eigenvalue weighted by atomic mass is 35.5. The highest BCUT2D eigenvalue weighted by Crippen LogP contribution is 2.34. The normalized spacial score (nSPS) is 14.1. The van der Waals surface area contributed by atoms with Gasteiger partial charge in [-0.1, -0.05) is 11.6 Å². The summed E-state index contributed by atoms with van der Waals surface area (Å²) in [6.45, 7) is 2.01. The SMILES string of the molecule is CC(OC(=O)c1ccc2c(c1)OCCO2)C(=O)Nc1cc(C(F)(F)F)ccc1Cl. The number of nitrogens with one attached hydrogen (secondary N) is 1. The van der Waals surface area contributed by atoms with Crippen LogP contribution in [0, 0.1) is 0 Å². The van der Waals surface area contributed by atoms with Crippen molar-refractivity contribution >= 4 is 29.2 Å². The molecule has 0 aliphatic carbocycles. The molecule has 0 bridgehead atoms. The number of amides is 1. The van der Waals surface area contributed by atoms with Gasteiger partial charge >= 0.3 is 12.1 Å². The lowest BCUT2D eigenvalue weighted by molar-refractivity contribution is -0.137. The van der Waals surface area contributed by atoms with Crippen LogP contribution in [0.4, 0.5) is 18.9 Å². The first-order chi connectivity index (χ1) is 13.6.